The largest absolute Gasteiger partial charge is 0.504 e. The quantitative estimate of drug-likeness (QED) is 0.113. The minimum atomic E-state index is -0.469. The molecule has 0 bridgehead atoms. The zero-order chi connectivity index (χ0) is 29.3. The fraction of sp³-hybridized carbons (Fsp3) is 0.231. The molecule has 5 aromatic heterocycles. The van der Waals surface area contributed by atoms with Crippen LogP contribution in [0.25, 0.3) is 28.0 Å². The Labute approximate surface area is 241 Å². The second-order valence-electron chi connectivity index (χ2n) is 9.21. The van der Waals surface area contributed by atoms with Crippen LogP contribution in [0.5, 0.6) is 0 Å². The van der Waals surface area contributed by atoms with Crippen molar-refractivity contribution in [2.24, 2.45) is 10.7 Å². The number of anilines is 3. The number of aliphatic hydroxyl groups is 1. The number of carbonyl (C=O) groups excluding carboxylic acids is 1. The summed E-state index contributed by atoms with van der Waals surface area (Å²) in [7, 11) is 5.41. The number of nitrogens with zero attached hydrogens (tertiary/aromatic N) is 6. The number of rotatable bonds is 9. The number of methoxy groups -OCH3 is 1. The number of H-pyrrole nitrogens is 1. The summed E-state index contributed by atoms with van der Waals surface area (Å²) in [6.07, 6.45) is 9.90. The van der Waals surface area contributed by atoms with Crippen molar-refractivity contribution >= 4 is 78.4 Å². The molecule has 5 N–H and O–H groups in total. The Bertz CT molecular complexity index is 1870. The van der Waals surface area contributed by atoms with Crippen molar-refractivity contribution in [3.05, 3.63) is 63.5 Å². The van der Waals surface area contributed by atoms with E-state index in [1.54, 1.807) is 45.0 Å². The maximum Gasteiger partial charge on any atom is 0.274 e. The number of amidine groups is 1. The van der Waals surface area contributed by atoms with Crippen molar-refractivity contribution in [2.45, 2.75) is 13.0 Å². The minimum Gasteiger partial charge on any atom is -0.504 e. The molecule has 5 rings (SSSR count). The summed E-state index contributed by atoms with van der Waals surface area (Å²) < 4.78 is 9.30. The average molecular weight is 594 g/mol. The highest BCUT2D eigenvalue weighted by molar-refractivity contribution is 7.18. The highest BCUT2D eigenvalue weighted by atomic mass is 32.1. The molecule has 13 nitrogen and oxygen atoms in total. The Balaban J connectivity index is 1.53. The number of aromatic nitrogens is 5. The molecular weight excluding hydrogens is 566 g/mol. The first kappa shape index (κ1) is 27.9. The van der Waals surface area contributed by atoms with Gasteiger partial charge in [-0.05, 0) is 30.6 Å². The number of hydrogen-bond acceptors (Lipinski definition) is 12. The molecule has 0 aliphatic rings. The molecule has 0 aromatic carbocycles. The van der Waals surface area contributed by atoms with Crippen LogP contribution < -0.4 is 21.5 Å². The lowest BCUT2D eigenvalue weighted by Crippen LogP contribution is -2.24. The zero-order valence-electron chi connectivity index (χ0n) is 22.6. The molecule has 0 saturated heterocycles. The molecule has 0 aliphatic carbocycles. The van der Waals surface area contributed by atoms with Crippen LogP contribution >= 0.6 is 22.9 Å². The molecule has 0 spiro atoms. The van der Waals surface area contributed by atoms with E-state index in [4.69, 9.17) is 10.5 Å². The lowest BCUT2D eigenvalue weighted by molar-refractivity contribution is 0.0968. The highest BCUT2D eigenvalue weighted by Gasteiger charge is 2.21. The smallest absolute Gasteiger partial charge is 0.274 e. The molecule has 212 valence electrons. The Morgan fingerprint density at radius 2 is 2.10 bits per heavy atom. The van der Waals surface area contributed by atoms with Crippen LogP contribution in [0.1, 0.15) is 27.7 Å². The molecule has 0 radical (unpaired) electrons. The van der Waals surface area contributed by atoms with Crippen LogP contribution in [0.3, 0.4) is 0 Å². The van der Waals surface area contributed by atoms with E-state index in [1.807, 2.05) is 25.1 Å². The van der Waals surface area contributed by atoms with Crippen LogP contribution in [0.4, 0.5) is 15.8 Å². The second-order valence-corrected chi connectivity index (χ2v) is 11.1. The zero-order valence-corrected chi connectivity index (χ0v) is 24.2. The molecule has 0 fully saturated rings. The van der Waals surface area contributed by atoms with Crippen molar-refractivity contribution in [3.8, 4) is 0 Å². The highest BCUT2D eigenvalue weighted by Crippen LogP contribution is 2.33. The number of aliphatic imine (C=N–C) groups is 1. The molecule has 0 aliphatic heterocycles. The summed E-state index contributed by atoms with van der Waals surface area (Å²) in [6.45, 7) is 1.47. The fourth-order valence-electron chi connectivity index (χ4n) is 4.11. The second kappa shape index (κ2) is 11.5. The van der Waals surface area contributed by atoms with Gasteiger partial charge in [0.15, 0.2) is 10.8 Å². The van der Waals surface area contributed by atoms with Gasteiger partial charge in [-0.3, -0.25) is 23.5 Å². The third-order valence-electron chi connectivity index (χ3n) is 6.14. The molecule has 1 unspecified atom stereocenters. The van der Waals surface area contributed by atoms with E-state index in [2.05, 4.69) is 29.6 Å². The normalized spacial score (nSPS) is 12.9. The molecule has 0 saturated carbocycles. The molecule has 41 heavy (non-hydrogen) atoms. The van der Waals surface area contributed by atoms with Gasteiger partial charge in [0.2, 0.25) is 0 Å². The fourth-order valence-corrected chi connectivity index (χ4v) is 5.68. The molecule has 5 heterocycles. The topological polar surface area (TPSA) is 177 Å². The average Bonchev–Trinajstić information content (AvgIpc) is 3.68. The first-order valence-corrected chi connectivity index (χ1v) is 13.9. The maximum absolute atomic E-state index is 13.7. The van der Waals surface area contributed by atoms with E-state index < -0.39 is 11.6 Å². The Morgan fingerprint density at radius 3 is 2.83 bits per heavy atom. The summed E-state index contributed by atoms with van der Waals surface area (Å²) in [5, 5.41) is 14.7. The van der Waals surface area contributed by atoms with E-state index >= 15 is 0 Å². The van der Waals surface area contributed by atoms with Gasteiger partial charge < -0.3 is 25.8 Å². The molecular formula is C26H27N9O4S2. The number of nitrogens with two attached hydrogens (primary N) is 1. The maximum atomic E-state index is 13.7. The number of hydrogen-bond donors (Lipinski definition) is 4. The SMILES string of the molecule is COC=Cc1cn(C(=O)c2cnc(Nc3s[nH]c(=O)c3C(N)=NC(C)CO)s2)c2cnc3ncc(N(C)C)cc3c12. The van der Waals surface area contributed by atoms with Gasteiger partial charge >= 0.3 is 0 Å². The van der Waals surface area contributed by atoms with E-state index in [-0.39, 0.29) is 23.9 Å². The molecule has 5 aromatic rings. The number of aromatic amines is 1. The van der Waals surface area contributed by atoms with E-state index in [1.165, 1.54) is 10.8 Å². The van der Waals surface area contributed by atoms with E-state index in [0.29, 0.717) is 26.2 Å². The summed E-state index contributed by atoms with van der Waals surface area (Å²) in [5.41, 5.74) is 8.59. The number of fused-ring (bicyclic) bond motifs is 3. The summed E-state index contributed by atoms with van der Waals surface area (Å²) >= 11 is 2.15. The third-order valence-corrected chi connectivity index (χ3v) is 7.84. The van der Waals surface area contributed by atoms with Gasteiger partial charge in [-0.2, -0.15) is 0 Å². The Kier molecular flexibility index (Phi) is 7.83. The summed E-state index contributed by atoms with van der Waals surface area (Å²) in [4.78, 5) is 45.9. The van der Waals surface area contributed by atoms with Crippen LogP contribution in [0.2, 0.25) is 0 Å². The van der Waals surface area contributed by atoms with Crippen molar-refractivity contribution in [1.82, 2.24) is 23.9 Å². The van der Waals surface area contributed by atoms with Gasteiger partial charge in [0.05, 0.1) is 55.8 Å². The van der Waals surface area contributed by atoms with E-state index in [0.717, 1.165) is 44.9 Å². The van der Waals surface area contributed by atoms with Crippen LogP contribution in [-0.2, 0) is 4.74 Å². The number of carbonyl (C=O) groups is 1. The van der Waals surface area contributed by atoms with Gasteiger partial charge in [0.25, 0.3) is 11.5 Å². The van der Waals surface area contributed by atoms with Gasteiger partial charge in [0, 0.05) is 36.6 Å². The van der Waals surface area contributed by atoms with Gasteiger partial charge in [-0.1, -0.05) is 11.3 Å². The third kappa shape index (κ3) is 5.41. The summed E-state index contributed by atoms with van der Waals surface area (Å²) in [5.74, 6) is -0.317. The number of aliphatic hydroxyl groups excluding tert-OH is 1. The lowest BCUT2D eigenvalue weighted by atomic mass is 10.1. The van der Waals surface area contributed by atoms with Gasteiger partial charge in [-0.15, -0.1) is 0 Å². The van der Waals surface area contributed by atoms with Crippen LogP contribution in [-0.4, -0.2) is 74.6 Å². The molecule has 0 amide bonds. The number of ether oxygens (including phenoxy) is 1. The summed E-state index contributed by atoms with van der Waals surface area (Å²) in [6, 6.07) is 1.52. The van der Waals surface area contributed by atoms with Crippen molar-refractivity contribution in [3.63, 3.8) is 0 Å². The lowest BCUT2D eigenvalue weighted by Gasteiger charge is -2.12. The Hall–Kier alpha value is -4.60. The monoisotopic (exact) mass is 593 g/mol. The van der Waals surface area contributed by atoms with Gasteiger partial charge in [-0.25, -0.2) is 15.0 Å². The van der Waals surface area contributed by atoms with E-state index in [9.17, 15) is 14.7 Å². The predicted molar refractivity (Wildman–Crippen MR) is 163 cm³/mol. The van der Waals surface area contributed by atoms with Crippen LogP contribution in [0.15, 0.2) is 46.9 Å². The van der Waals surface area contributed by atoms with Crippen molar-refractivity contribution in [2.75, 3.05) is 38.0 Å². The first-order chi connectivity index (χ1) is 19.7. The number of nitrogens with one attached hydrogen (secondary N) is 2. The first-order valence-electron chi connectivity index (χ1n) is 12.3. The number of thiazole rings is 1. The minimum absolute atomic E-state index is 0.00787. The van der Waals surface area contributed by atoms with Gasteiger partial charge in [0.1, 0.15) is 21.3 Å². The van der Waals surface area contributed by atoms with Crippen LogP contribution in [0, 0.1) is 0 Å². The molecule has 1 atom stereocenters. The Morgan fingerprint density at radius 1 is 1.32 bits per heavy atom. The number of pyridine rings is 2. The van der Waals surface area contributed by atoms with Crippen molar-refractivity contribution in [1.29, 1.82) is 0 Å². The van der Waals surface area contributed by atoms with Crippen molar-refractivity contribution < 1.29 is 14.6 Å². The molecule has 15 heteroatoms. The standard InChI is InChI=1S/C26H27N9O4S2/c1-13(12-36)31-21(27)20-23(37)33-41-24(20)32-26-30-10-18(40-26)25(38)35-11-14(5-6-39-4)19-16-7-15(34(2)3)8-28-22(16)29-9-17(19)35/h5-11,13,36H,12H2,1-4H3,(H2,27,31)(H,30,32)(H,33,37). The predicted octanol–water partition coefficient (Wildman–Crippen LogP) is 2.99.